The van der Waals surface area contributed by atoms with Crippen molar-refractivity contribution in [2.45, 2.75) is 5.16 Å². The molecular weight excluding hydrogens is 538 g/mol. The van der Waals surface area contributed by atoms with Crippen LogP contribution in [0.1, 0.15) is 5.56 Å². The molecule has 0 aliphatic heterocycles. The van der Waals surface area contributed by atoms with E-state index >= 15 is 0 Å². The van der Waals surface area contributed by atoms with E-state index in [-0.39, 0.29) is 11.7 Å². The molecule has 1 aromatic heterocycles. The standard InChI is InChI=1S/C24H19BrClN5O2S/c1-33-21-12-7-18(25)13-17(21)14-27-28-22(32)15-34-24-30-29-23(16-5-3-2-4-6-16)31(24)20-10-8-19(26)9-11-20/h2-14H,15H2,1H3,(H,28,32)/b27-14+. The highest BCUT2D eigenvalue weighted by molar-refractivity contribution is 9.10. The summed E-state index contributed by atoms with van der Waals surface area (Å²) in [4.78, 5) is 12.4. The first-order chi connectivity index (χ1) is 16.5. The van der Waals surface area contributed by atoms with Gasteiger partial charge in [0.2, 0.25) is 0 Å². The van der Waals surface area contributed by atoms with Crippen LogP contribution in [0.2, 0.25) is 5.02 Å². The van der Waals surface area contributed by atoms with E-state index in [1.54, 1.807) is 19.2 Å². The zero-order valence-corrected chi connectivity index (χ0v) is 21.1. The van der Waals surface area contributed by atoms with Gasteiger partial charge in [0.15, 0.2) is 11.0 Å². The van der Waals surface area contributed by atoms with Gasteiger partial charge in [-0.05, 0) is 42.5 Å². The van der Waals surface area contributed by atoms with Crippen molar-refractivity contribution in [2.24, 2.45) is 5.10 Å². The molecular formula is C24H19BrClN5O2S. The molecule has 0 atom stereocenters. The Morgan fingerprint density at radius 3 is 2.65 bits per heavy atom. The number of carbonyl (C=O) groups excluding carboxylic acids is 1. The number of benzene rings is 3. The van der Waals surface area contributed by atoms with E-state index in [0.29, 0.717) is 21.8 Å². The molecule has 1 N–H and O–H groups in total. The van der Waals surface area contributed by atoms with E-state index in [1.807, 2.05) is 65.2 Å². The van der Waals surface area contributed by atoms with Crippen LogP contribution in [0.5, 0.6) is 5.75 Å². The molecule has 0 aliphatic rings. The highest BCUT2D eigenvalue weighted by Gasteiger charge is 2.17. The Hall–Kier alpha value is -3.14. The van der Waals surface area contributed by atoms with Crippen LogP contribution in [-0.2, 0) is 4.79 Å². The van der Waals surface area contributed by atoms with Gasteiger partial charge in [-0.3, -0.25) is 9.36 Å². The maximum absolute atomic E-state index is 12.4. The molecule has 0 fully saturated rings. The summed E-state index contributed by atoms with van der Waals surface area (Å²) >= 11 is 10.7. The lowest BCUT2D eigenvalue weighted by atomic mass is 10.2. The van der Waals surface area contributed by atoms with Gasteiger partial charge in [0.05, 0.1) is 19.1 Å². The summed E-state index contributed by atoms with van der Waals surface area (Å²) in [6.07, 6.45) is 1.54. The Morgan fingerprint density at radius 1 is 1.15 bits per heavy atom. The second-order valence-electron chi connectivity index (χ2n) is 6.95. The summed E-state index contributed by atoms with van der Waals surface area (Å²) in [7, 11) is 1.58. The number of methoxy groups -OCH3 is 1. The summed E-state index contributed by atoms with van der Waals surface area (Å²) in [5.41, 5.74) is 5.03. The normalized spacial score (nSPS) is 11.0. The fourth-order valence-corrected chi connectivity index (χ4v) is 4.35. The number of halogens is 2. The zero-order chi connectivity index (χ0) is 23.9. The molecule has 0 unspecified atom stereocenters. The fourth-order valence-electron chi connectivity index (χ4n) is 3.10. The second kappa shape index (κ2) is 11.3. The fraction of sp³-hybridized carbons (Fsp3) is 0.0833. The smallest absolute Gasteiger partial charge is 0.250 e. The Balaban J connectivity index is 1.50. The lowest BCUT2D eigenvalue weighted by Crippen LogP contribution is -2.20. The molecule has 0 bridgehead atoms. The Labute approximate surface area is 214 Å². The number of ether oxygens (including phenoxy) is 1. The van der Waals surface area contributed by atoms with Crippen LogP contribution >= 0.6 is 39.3 Å². The van der Waals surface area contributed by atoms with Gasteiger partial charge in [0.25, 0.3) is 5.91 Å². The van der Waals surface area contributed by atoms with Crippen LogP contribution in [0, 0.1) is 0 Å². The lowest BCUT2D eigenvalue weighted by molar-refractivity contribution is -0.118. The first kappa shape index (κ1) is 24.0. The van der Waals surface area contributed by atoms with Crippen molar-refractivity contribution in [3.8, 4) is 22.8 Å². The van der Waals surface area contributed by atoms with Gasteiger partial charge in [-0.15, -0.1) is 10.2 Å². The van der Waals surface area contributed by atoms with Crippen LogP contribution in [0.4, 0.5) is 0 Å². The molecule has 0 radical (unpaired) electrons. The number of thioether (sulfide) groups is 1. The quantitative estimate of drug-likeness (QED) is 0.174. The number of carbonyl (C=O) groups is 1. The Kier molecular flexibility index (Phi) is 7.99. The molecule has 10 heteroatoms. The summed E-state index contributed by atoms with van der Waals surface area (Å²) < 4.78 is 8.09. The molecule has 4 aromatic rings. The zero-order valence-electron chi connectivity index (χ0n) is 18.0. The molecule has 34 heavy (non-hydrogen) atoms. The summed E-state index contributed by atoms with van der Waals surface area (Å²) in [5.74, 6) is 1.15. The number of hydrogen-bond acceptors (Lipinski definition) is 6. The van der Waals surface area contributed by atoms with Gasteiger partial charge < -0.3 is 4.74 Å². The maximum atomic E-state index is 12.4. The van der Waals surface area contributed by atoms with Crippen LogP contribution in [-0.4, -0.2) is 39.7 Å². The van der Waals surface area contributed by atoms with Crippen molar-refractivity contribution in [3.63, 3.8) is 0 Å². The number of nitrogens with one attached hydrogen (secondary N) is 1. The molecule has 1 heterocycles. The highest BCUT2D eigenvalue weighted by atomic mass is 79.9. The van der Waals surface area contributed by atoms with Gasteiger partial charge in [-0.25, -0.2) is 5.43 Å². The first-order valence-corrected chi connectivity index (χ1v) is 12.3. The minimum Gasteiger partial charge on any atom is -0.496 e. The average Bonchev–Trinajstić information content (AvgIpc) is 3.28. The Morgan fingerprint density at radius 2 is 1.91 bits per heavy atom. The van der Waals surface area contributed by atoms with Crippen LogP contribution in [0.15, 0.2) is 87.5 Å². The molecule has 3 aromatic carbocycles. The van der Waals surface area contributed by atoms with Gasteiger partial charge in [-0.2, -0.15) is 5.10 Å². The van der Waals surface area contributed by atoms with E-state index in [0.717, 1.165) is 21.3 Å². The molecule has 172 valence electrons. The summed E-state index contributed by atoms with van der Waals surface area (Å²) in [6.45, 7) is 0. The van der Waals surface area contributed by atoms with Crippen molar-refractivity contribution in [3.05, 3.63) is 87.9 Å². The number of hydrazone groups is 1. The lowest BCUT2D eigenvalue weighted by Gasteiger charge is -2.10. The molecule has 4 rings (SSSR count). The first-order valence-electron chi connectivity index (χ1n) is 10.1. The van der Waals surface area contributed by atoms with Crippen LogP contribution < -0.4 is 10.2 Å². The molecule has 0 saturated carbocycles. The largest absolute Gasteiger partial charge is 0.496 e. The van der Waals surface area contributed by atoms with Crippen LogP contribution in [0.25, 0.3) is 17.1 Å². The minimum absolute atomic E-state index is 0.105. The van der Waals surface area contributed by atoms with E-state index in [2.05, 4.69) is 36.7 Å². The Bertz CT molecular complexity index is 1310. The van der Waals surface area contributed by atoms with E-state index < -0.39 is 0 Å². The summed E-state index contributed by atoms with van der Waals surface area (Å²) in [5, 5.41) is 14.0. The third-order valence-electron chi connectivity index (χ3n) is 4.67. The van der Waals surface area contributed by atoms with Gasteiger partial charge in [-0.1, -0.05) is 69.6 Å². The van der Waals surface area contributed by atoms with E-state index in [4.69, 9.17) is 16.3 Å². The molecule has 0 spiro atoms. The van der Waals surface area contributed by atoms with Crippen molar-refractivity contribution in [2.75, 3.05) is 12.9 Å². The minimum atomic E-state index is -0.276. The third kappa shape index (κ3) is 5.85. The van der Waals surface area contributed by atoms with Gasteiger partial charge in [0.1, 0.15) is 5.75 Å². The molecule has 0 aliphatic carbocycles. The maximum Gasteiger partial charge on any atom is 0.250 e. The van der Waals surface area contributed by atoms with Crippen molar-refractivity contribution >= 4 is 51.4 Å². The van der Waals surface area contributed by atoms with E-state index in [1.165, 1.54) is 18.0 Å². The second-order valence-corrected chi connectivity index (χ2v) is 9.25. The van der Waals surface area contributed by atoms with E-state index in [9.17, 15) is 4.79 Å². The SMILES string of the molecule is COc1ccc(Br)cc1/C=N/NC(=O)CSc1nnc(-c2ccccc2)n1-c1ccc(Cl)cc1. The predicted octanol–water partition coefficient (Wildman–Crippen LogP) is 5.60. The number of amides is 1. The van der Waals surface area contributed by atoms with Crippen molar-refractivity contribution in [1.29, 1.82) is 0 Å². The monoisotopic (exact) mass is 555 g/mol. The summed E-state index contributed by atoms with van der Waals surface area (Å²) in [6, 6.07) is 22.7. The van der Waals surface area contributed by atoms with Crippen LogP contribution in [0.3, 0.4) is 0 Å². The van der Waals surface area contributed by atoms with Crippen molar-refractivity contribution < 1.29 is 9.53 Å². The number of aromatic nitrogens is 3. The van der Waals surface area contributed by atoms with Gasteiger partial charge in [0, 0.05) is 26.3 Å². The topological polar surface area (TPSA) is 81.4 Å². The van der Waals surface area contributed by atoms with Gasteiger partial charge >= 0.3 is 0 Å². The molecule has 7 nitrogen and oxygen atoms in total. The molecule has 0 saturated heterocycles. The predicted molar refractivity (Wildman–Crippen MR) is 139 cm³/mol. The number of hydrogen-bond donors (Lipinski definition) is 1. The highest BCUT2D eigenvalue weighted by Crippen LogP contribution is 2.28. The number of nitrogens with zero attached hydrogens (tertiary/aromatic N) is 4. The molecule has 1 amide bonds. The third-order valence-corrected chi connectivity index (χ3v) is 6.34. The number of rotatable bonds is 8. The average molecular weight is 557 g/mol. The van der Waals surface area contributed by atoms with Crippen molar-refractivity contribution in [1.82, 2.24) is 20.2 Å².